The monoisotopic (exact) mass is 403 g/mol. The lowest BCUT2D eigenvalue weighted by Gasteiger charge is -2.20. The average molecular weight is 404 g/mol. The van der Waals surface area contributed by atoms with E-state index in [1.807, 2.05) is 40.4 Å². The molecule has 0 bridgehead atoms. The van der Waals surface area contributed by atoms with Crippen LogP contribution in [0.4, 0.5) is 5.82 Å². The number of hydrogen-bond acceptors (Lipinski definition) is 7. The topological polar surface area (TPSA) is 75.7 Å². The zero-order valence-corrected chi connectivity index (χ0v) is 16.1. The number of fused-ring (bicyclic) bond motifs is 2. The highest BCUT2D eigenvalue weighted by Crippen LogP contribution is 2.24. The maximum absolute atomic E-state index is 12.5. The van der Waals surface area contributed by atoms with E-state index in [9.17, 15) is 4.79 Å². The van der Waals surface area contributed by atoms with Gasteiger partial charge >= 0.3 is 5.63 Å². The van der Waals surface area contributed by atoms with E-state index in [4.69, 9.17) is 4.42 Å². The smallest absolute Gasteiger partial charge is 0.347 e. The molecule has 0 radical (unpaired) electrons. The van der Waals surface area contributed by atoms with Crippen LogP contribution in [0.5, 0.6) is 0 Å². The number of pyridine rings is 1. The van der Waals surface area contributed by atoms with E-state index >= 15 is 0 Å². The molecule has 0 saturated carbocycles. The molecule has 4 aromatic rings. The van der Waals surface area contributed by atoms with Crippen LogP contribution in [0.2, 0.25) is 0 Å². The fourth-order valence-corrected chi connectivity index (χ4v) is 3.98. The second-order valence-corrected chi connectivity index (χ2v) is 7.19. The first-order valence-corrected chi connectivity index (χ1v) is 9.49. The van der Waals surface area contributed by atoms with Crippen LogP contribution in [0.3, 0.4) is 0 Å². The van der Waals surface area contributed by atoms with Gasteiger partial charge in [-0.15, -0.1) is 23.7 Å². The Kier molecular flexibility index (Phi) is 4.86. The third-order valence-corrected chi connectivity index (χ3v) is 5.39. The Morgan fingerprint density at radius 1 is 1.19 bits per heavy atom. The van der Waals surface area contributed by atoms with Crippen LogP contribution in [-0.4, -0.2) is 40.5 Å². The third kappa shape index (κ3) is 3.31. The second-order valence-electron chi connectivity index (χ2n) is 6.32. The van der Waals surface area contributed by atoms with Gasteiger partial charge in [-0.3, -0.25) is 4.40 Å². The van der Waals surface area contributed by atoms with Gasteiger partial charge < -0.3 is 14.6 Å². The molecule has 0 atom stereocenters. The van der Waals surface area contributed by atoms with Gasteiger partial charge in [0, 0.05) is 42.8 Å². The summed E-state index contributed by atoms with van der Waals surface area (Å²) in [6.07, 6.45) is 4.83. The summed E-state index contributed by atoms with van der Waals surface area (Å²) >= 11 is 1.53. The third-order valence-electron chi connectivity index (χ3n) is 4.62. The molecule has 0 amide bonds. The van der Waals surface area contributed by atoms with E-state index in [1.54, 1.807) is 0 Å². The van der Waals surface area contributed by atoms with E-state index in [1.165, 1.54) is 11.3 Å². The minimum atomic E-state index is -0.412. The molecule has 1 fully saturated rings. The number of halogens is 1. The van der Waals surface area contributed by atoms with Gasteiger partial charge in [-0.05, 0) is 31.2 Å². The van der Waals surface area contributed by atoms with Crippen LogP contribution in [0.25, 0.3) is 27.3 Å². The van der Waals surface area contributed by atoms with Crippen molar-refractivity contribution < 1.29 is 4.42 Å². The minimum absolute atomic E-state index is 0. The summed E-state index contributed by atoms with van der Waals surface area (Å²) in [6.45, 7) is 3.79. The zero-order valence-electron chi connectivity index (χ0n) is 14.4. The van der Waals surface area contributed by atoms with Gasteiger partial charge in [0.25, 0.3) is 0 Å². The first-order chi connectivity index (χ1) is 12.8. The summed E-state index contributed by atoms with van der Waals surface area (Å²) in [4.78, 5) is 24.6. The molecule has 5 rings (SSSR count). The van der Waals surface area contributed by atoms with Gasteiger partial charge in [0.05, 0.1) is 11.3 Å². The molecule has 5 heterocycles. The van der Waals surface area contributed by atoms with Crippen LogP contribution in [0.15, 0.2) is 45.2 Å². The standard InChI is InChI=1S/C18H17N5O2S.ClH/c24-17-13(14-11-23-8-9-26-18(23)20-14)10-12-2-3-15(21-16(12)25-17)22-6-1-4-19-5-7-22;/h2-3,8-11,19H,1,4-7H2;1H. The number of nitrogens with zero attached hydrogens (tertiary/aromatic N) is 4. The SMILES string of the molecule is Cl.O=c1oc2nc(N3CCCNCC3)ccc2cc1-c1cn2ccsc2n1. The van der Waals surface area contributed by atoms with Crippen molar-refractivity contribution >= 4 is 45.6 Å². The number of aromatic nitrogens is 3. The molecule has 4 aromatic heterocycles. The summed E-state index contributed by atoms with van der Waals surface area (Å²) in [5, 5.41) is 6.13. The summed E-state index contributed by atoms with van der Waals surface area (Å²) in [7, 11) is 0. The zero-order chi connectivity index (χ0) is 17.5. The Hall–Kier alpha value is -2.42. The Bertz CT molecular complexity index is 1120. The van der Waals surface area contributed by atoms with Crippen molar-refractivity contribution in [3.63, 3.8) is 0 Å². The molecule has 1 aliphatic heterocycles. The van der Waals surface area contributed by atoms with Crippen molar-refractivity contribution in [1.82, 2.24) is 19.7 Å². The summed E-state index contributed by atoms with van der Waals surface area (Å²) in [5.74, 6) is 0.847. The van der Waals surface area contributed by atoms with Crippen molar-refractivity contribution in [2.75, 3.05) is 31.1 Å². The molecular formula is C18H18ClN5O2S. The predicted octanol–water partition coefficient (Wildman–Crippen LogP) is 2.79. The van der Waals surface area contributed by atoms with Crippen LogP contribution < -0.4 is 15.8 Å². The first-order valence-electron chi connectivity index (χ1n) is 8.61. The largest absolute Gasteiger partial charge is 0.403 e. The summed E-state index contributed by atoms with van der Waals surface area (Å²) in [6, 6.07) is 5.76. The lowest BCUT2D eigenvalue weighted by atomic mass is 10.2. The molecule has 1 saturated heterocycles. The summed E-state index contributed by atoms with van der Waals surface area (Å²) < 4.78 is 7.43. The molecule has 0 spiro atoms. The average Bonchev–Trinajstić information content (AvgIpc) is 3.13. The van der Waals surface area contributed by atoms with E-state index in [-0.39, 0.29) is 12.4 Å². The Morgan fingerprint density at radius 2 is 2.11 bits per heavy atom. The number of rotatable bonds is 2. The second kappa shape index (κ2) is 7.30. The van der Waals surface area contributed by atoms with Crippen molar-refractivity contribution in [1.29, 1.82) is 0 Å². The fraction of sp³-hybridized carbons (Fsp3) is 0.278. The maximum Gasteiger partial charge on any atom is 0.347 e. The van der Waals surface area contributed by atoms with Gasteiger partial charge in [-0.25, -0.2) is 9.78 Å². The molecule has 140 valence electrons. The number of thiazole rings is 1. The van der Waals surface area contributed by atoms with Crippen LogP contribution in [-0.2, 0) is 0 Å². The number of anilines is 1. The van der Waals surface area contributed by atoms with Gasteiger partial charge in [0.1, 0.15) is 5.82 Å². The molecular weight excluding hydrogens is 386 g/mol. The lowest BCUT2D eigenvalue weighted by Crippen LogP contribution is -2.28. The van der Waals surface area contributed by atoms with E-state index < -0.39 is 5.63 Å². The highest BCUT2D eigenvalue weighted by Gasteiger charge is 2.15. The molecule has 7 nitrogen and oxygen atoms in total. The Morgan fingerprint density at radius 3 is 3.00 bits per heavy atom. The lowest BCUT2D eigenvalue weighted by molar-refractivity contribution is 0.551. The minimum Gasteiger partial charge on any atom is -0.403 e. The maximum atomic E-state index is 12.5. The summed E-state index contributed by atoms with van der Waals surface area (Å²) in [5.41, 5.74) is 1.04. The van der Waals surface area contributed by atoms with Crippen LogP contribution in [0, 0.1) is 0 Å². The normalized spacial score (nSPS) is 15.0. The number of hydrogen-bond donors (Lipinski definition) is 1. The van der Waals surface area contributed by atoms with E-state index in [2.05, 4.69) is 20.2 Å². The molecule has 1 aliphatic rings. The molecule has 0 unspecified atom stereocenters. The van der Waals surface area contributed by atoms with Crippen molar-refractivity contribution in [3.05, 3.63) is 46.4 Å². The van der Waals surface area contributed by atoms with Gasteiger partial charge in [0.15, 0.2) is 4.96 Å². The predicted molar refractivity (Wildman–Crippen MR) is 109 cm³/mol. The van der Waals surface area contributed by atoms with Crippen LogP contribution in [0.1, 0.15) is 6.42 Å². The van der Waals surface area contributed by atoms with Gasteiger partial charge in [-0.1, -0.05) is 0 Å². The highest BCUT2D eigenvalue weighted by atomic mass is 35.5. The Balaban J connectivity index is 0.00000180. The van der Waals surface area contributed by atoms with Crippen molar-refractivity contribution in [2.24, 2.45) is 0 Å². The van der Waals surface area contributed by atoms with Crippen molar-refractivity contribution in [2.45, 2.75) is 6.42 Å². The van der Waals surface area contributed by atoms with E-state index in [0.717, 1.165) is 48.8 Å². The highest BCUT2D eigenvalue weighted by molar-refractivity contribution is 7.15. The van der Waals surface area contributed by atoms with Crippen LogP contribution >= 0.6 is 23.7 Å². The molecule has 27 heavy (non-hydrogen) atoms. The fourth-order valence-electron chi connectivity index (χ4n) is 3.28. The number of imidazole rings is 1. The quantitative estimate of drug-likeness (QED) is 0.554. The molecule has 9 heteroatoms. The van der Waals surface area contributed by atoms with E-state index in [0.29, 0.717) is 17.0 Å². The molecule has 1 N–H and O–H groups in total. The number of nitrogens with one attached hydrogen (secondary N) is 1. The molecule has 0 aromatic carbocycles. The first kappa shape index (κ1) is 18.0. The van der Waals surface area contributed by atoms with Gasteiger partial charge in [-0.2, -0.15) is 4.98 Å². The van der Waals surface area contributed by atoms with Crippen molar-refractivity contribution in [3.8, 4) is 11.3 Å². The Labute approximate surface area is 165 Å². The molecule has 0 aliphatic carbocycles. The van der Waals surface area contributed by atoms with Gasteiger partial charge in [0.2, 0.25) is 5.71 Å².